The van der Waals surface area contributed by atoms with Crippen molar-refractivity contribution in [2.75, 3.05) is 43.0 Å². The number of anilines is 1. The van der Waals surface area contributed by atoms with Gasteiger partial charge in [0, 0.05) is 19.6 Å². The minimum absolute atomic E-state index is 0.261. The van der Waals surface area contributed by atoms with Crippen LogP contribution in [0.5, 0.6) is 0 Å². The van der Waals surface area contributed by atoms with E-state index in [-0.39, 0.29) is 11.5 Å². The van der Waals surface area contributed by atoms with E-state index in [0.717, 1.165) is 41.9 Å². The number of sulfone groups is 1. The van der Waals surface area contributed by atoms with Crippen molar-refractivity contribution in [3.8, 4) is 6.07 Å². The van der Waals surface area contributed by atoms with Gasteiger partial charge in [-0.15, -0.1) is 0 Å². The van der Waals surface area contributed by atoms with Crippen LogP contribution >= 0.6 is 0 Å². The van der Waals surface area contributed by atoms with Gasteiger partial charge in [-0.3, -0.25) is 4.40 Å². The summed E-state index contributed by atoms with van der Waals surface area (Å²) in [5.41, 5.74) is 4.00. The number of fused-ring (bicyclic) bond motifs is 3. The number of aryl methyl sites for hydroxylation is 1. The molecule has 0 amide bonds. The third-order valence-electron chi connectivity index (χ3n) is 5.28. The van der Waals surface area contributed by atoms with E-state index < -0.39 is 9.84 Å². The molecule has 0 bridgehead atoms. The highest BCUT2D eigenvalue weighted by molar-refractivity contribution is 7.91. The van der Waals surface area contributed by atoms with Gasteiger partial charge in [0.15, 0.2) is 15.5 Å². The fourth-order valence-electron chi connectivity index (χ4n) is 3.72. The summed E-state index contributed by atoms with van der Waals surface area (Å²) in [6.45, 7) is 4.79. The van der Waals surface area contributed by atoms with Crippen molar-refractivity contribution in [3.63, 3.8) is 0 Å². The monoisotopic (exact) mass is 397 g/mol. The number of rotatable bonds is 5. The maximum Gasteiger partial charge on any atom is 0.157 e. The molecule has 28 heavy (non-hydrogen) atoms. The zero-order valence-electron chi connectivity index (χ0n) is 15.9. The van der Waals surface area contributed by atoms with Crippen molar-refractivity contribution in [2.24, 2.45) is 0 Å². The average Bonchev–Trinajstić information content (AvgIpc) is 3.05. The summed E-state index contributed by atoms with van der Waals surface area (Å²) in [6.07, 6.45) is 0.910. The first-order valence-corrected chi connectivity index (χ1v) is 11.3. The first kappa shape index (κ1) is 18.7. The molecule has 0 saturated carbocycles. The number of nitrogens with zero attached hydrogens (tertiary/aromatic N) is 4. The summed E-state index contributed by atoms with van der Waals surface area (Å²) in [5.74, 6) is 1.44. The van der Waals surface area contributed by atoms with Gasteiger partial charge in [0.05, 0.1) is 28.1 Å². The first-order chi connectivity index (χ1) is 13.5. The number of para-hydroxylation sites is 2. The van der Waals surface area contributed by atoms with Crippen LogP contribution in [0.25, 0.3) is 16.7 Å². The lowest BCUT2D eigenvalue weighted by Gasteiger charge is -2.26. The molecular formula is C20H23N5O2S. The van der Waals surface area contributed by atoms with E-state index in [1.807, 2.05) is 41.7 Å². The molecule has 0 spiro atoms. The van der Waals surface area contributed by atoms with Crippen LogP contribution in [0.15, 0.2) is 30.3 Å². The van der Waals surface area contributed by atoms with Crippen molar-refractivity contribution in [2.45, 2.75) is 13.3 Å². The number of imidazole rings is 1. The number of hydrogen-bond donors (Lipinski definition) is 1. The Bertz CT molecular complexity index is 1160. The summed E-state index contributed by atoms with van der Waals surface area (Å²) < 4.78 is 25.1. The van der Waals surface area contributed by atoms with Gasteiger partial charge in [-0.1, -0.05) is 12.1 Å². The molecule has 146 valence electrons. The second-order valence-electron chi connectivity index (χ2n) is 7.23. The lowest BCUT2D eigenvalue weighted by atomic mass is 10.1. The second kappa shape index (κ2) is 7.41. The summed E-state index contributed by atoms with van der Waals surface area (Å²) in [6, 6.07) is 12.1. The summed E-state index contributed by atoms with van der Waals surface area (Å²) in [7, 11) is -2.83. The van der Waals surface area contributed by atoms with Crippen LogP contribution in [-0.2, 0) is 9.84 Å². The third kappa shape index (κ3) is 3.55. The number of nitrogens with one attached hydrogen (secondary N) is 1. The smallest absolute Gasteiger partial charge is 0.157 e. The molecule has 0 atom stereocenters. The van der Waals surface area contributed by atoms with Crippen molar-refractivity contribution < 1.29 is 8.42 Å². The molecule has 1 aliphatic rings. The van der Waals surface area contributed by atoms with E-state index in [2.05, 4.69) is 21.3 Å². The van der Waals surface area contributed by atoms with Gasteiger partial charge in [-0.2, -0.15) is 5.26 Å². The summed E-state index contributed by atoms with van der Waals surface area (Å²) in [4.78, 5) is 6.86. The van der Waals surface area contributed by atoms with Gasteiger partial charge in [-0.25, -0.2) is 13.4 Å². The minimum Gasteiger partial charge on any atom is -0.371 e. The zero-order valence-corrected chi connectivity index (χ0v) is 16.7. The minimum atomic E-state index is -2.83. The molecule has 7 nitrogen and oxygen atoms in total. The zero-order chi connectivity index (χ0) is 19.7. The SMILES string of the molecule is Cc1cc(NCCCN2CCS(=O)(=O)CC2)n2c(nc3ccccc32)c1C#N. The Labute approximate surface area is 164 Å². The largest absolute Gasteiger partial charge is 0.371 e. The standard InChI is InChI=1S/C20H23N5O2S/c1-15-13-19(22-7-4-8-24-9-11-28(26,27)12-10-24)25-18-6-3-2-5-17(18)23-20(25)16(15)14-21/h2-3,5-6,13,22H,4,7-12H2,1H3. The van der Waals surface area contributed by atoms with Crippen LogP contribution in [0.4, 0.5) is 5.82 Å². The predicted octanol–water partition coefficient (Wildman–Crippen LogP) is 2.20. The number of aromatic nitrogens is 2. The molecule has 1 saturated heterocycles. The van der Waals surface area contributed by atoms with E-state index in [9.17, 15) is 13.7 Å². The van der Waals surface area contributed by atoms with E-state index in [4.69, 9.17) is 0 Å². The van der Waals surface area contributed by atoms with Gasteiger partial charge >= 0.3 is 0 Å². The van der Waals surface area contributed by atoms with Crippen molar-refractivity contribution >= 4 is 32.3 Å². The highest BCUT2D eigenvalue weighted by Gasteiger charge is 2.21. The van der Waals surface area contributed by atoms with Crippen molar-refractivity contribution in [3.05, 3.63) is 41.5 Å². The van der Waals surface area contributed by atoms with E-state index >= 15 is 0 Å². The van der Waals surface area contributed by atoms with Crippen LogP contribution in [-0.4, -0.2) is 60.4 Å². The second-order valence-corrected chi connectivity index (χ2v) is 9.54. The highest BCUT2D eigenvalue weighted by atomic mass is 32.2. The third-order valence-corrected chi connectivity index (χ3v) is 6.89. The highest BCUT2D eigenvalue weighted by Crippen LogP contribution is 2.26. The molecule has 3 heterocycles. The molecule has 1 N–H and O–H groups in total. The molecule has 0 unspecified atom stereocenters. The maximum absolute atomic E-state index is 11.5. The fraction of sp³-hybridized carbons (Fsp3) is 0.400. The lowest BCUT2D eigenvalue weighted by Crippen LogP contribution is -2.41. The maximum atomic E-state index is 11.5. The Kier molecular flexibility index (Phi) is 4.96. The first-order valence-electron chi connectivity index (χ1n) is 9.46. The van der Waals surface area contributed by atoms with Crippen LogP contribution in [0.3, 0.4) is 0 Å². The van der Waals surface area contributed by atoms with E-state index in [0.29, 0.717) is 24.3 Å². The molecule has 4 rings (SSSR count). The van der Waals surface area contributed by atoms with E-state index in [1.54, 1.807) is 0 Å². The predicted molar refractivity (Wildman–Crippen MR) is 110 cm³/mol. The molecule has 1 aromatic carbocycles. The normalized spacial score (nSPS) is 17.0. The van der Waals surface area contributed by atoms with Crippen LogP contribution in [0, 0.1) is 18.3 Å². The molecule has 0 radical (unpaired) electrons. The van der Waals surface area contributed by atoms with Crippen LogP contribution in [0.1, 0.15) is 17.5 Å². The number of nitriles is 1. The molecule has 0 aliphatic carbocycles. The van der Waals surface area contributed by atoms with Crippen molar-refractivity contribution in [1.82, 2.24) is 14.3 Å². The summed E-state index contributed by atoms with van der Waals surface area (Å²) in [5, 5.41) is 13.0. The molecule has 3 aromatic rings. The molecule has 2 aromatic heterocycles. The summed E-state index contributed by atoms with van der Waals surface area (Å²) >= 11 is 0. The van der Waals surface area contributed by atoms with Gasteiger partial charge in [0.25, 0.3) is 0 Å². The Morgan fingerprint density at radius 2 is 2.00 bits per heavy atom. The lowest BCUT2D eigenvalue weighted by molar-refractivity contribution is 0.294. The van der Waals surface area contributed by atoms with Gasteiger partial charge in [0.1, 0.15) is 11.9 Å². The molecule has 1 aliphatic heterocycles. The van der Waals surface area contributed by atoms with Gasteiger partial charge in [0.2, 0.25) is 0 Å². The fourth-order valence-corrected chi connectivity index (χ4v) is 4.99. The van der Waals surface area contributed by atoms with Crippen LogP contribution in [0.2, 0.25) is 0 Å². The van der Waals surface area contributed by atoms with E-state index in [1.165, 1.54) is 0 Å². The quantitative estimate of drug-likeness (QED) is 0.664. The topological polar surface area (TPSA) is 90.5 Å². The van der Waals surface area contributed by atoms with Gasteiger partial charge in [-0.05, 0) is 43.7 Å². The average molecular weight is 398 g/mol. The Balaban J connectivity index is 1.52. The Hall–Kier alpha value is -2.63. The Morgan fingerprint density at radius 3 is 2.75 bits per heavy atom. The number of pyridine rings is 1. The Morgan fingerprint density at radius 1 is 1.25 bits per heavy atom. The molecule has 8 heteroatoms. The van der Waals surface area contributed by atoms with Gasteiger partial charge < -0.3 is 10.2 Å². The molecule has 1 fully saturated rings. The van der Waals surface area contributed by atoms with Crippen LogP contribution < -0.4 is 5.32 Å². The molecular weight excluding hydrogens is 374 g/mol. The van der Waals surface area contributed by atoms with Crippen molar-refractivity contribution in [1.29, 1.82) is 5.26 Å². The number of benzene rings is 1. The number of hydrogen-bond acceptors (Lipinski definition) is 6.